The number of ether oxygens (including phenoxy) is 2. The number of azo groups is 1. The average molecular weight is 310 g/mol. The number of hydrogen-bond acceptors (Lipinski definition) is 4. The van der Waals surface area contributed by atoms with Crippen molar-refractivity contribution in [2.24, 2.45) is 10.2 Å². The molecule has 1 fully saturated rings. The molecule has 0 saturated heterocycles. The fourth-order valence-corrected chi connectivity index (χ4v) is 2.79. The van der Waals surface area contributed by atoms with Gasteiger partial charge in [0, 0.05) is 0 Å². The highest BCUT2D eigenvalue weighted by Crippen LogP contribution is 2.32. The summed E-state index contributed by atoms with van der Waals surface area (Å²) in [5, 5.41) is 8.50. The third-order valence-corrected chi connectivity index (χ3v) is 4.02. The van der Waals surface area contributed by atoms with Crippen molar-refractivity contribution in [1.29, 1.82) is 0 Å². The molecule has 1 aliphatic rings. The molecule has 1 aliphatic carbocycles. The summed E-state index contributed by atoms with van der Waals surface area (Å²) >= 11 is 0. The minimum absolute atomic E-state index is 0.310. The molecule has 2 aromatic carbocycles. The van der Waals surface area contributed by atoms with E-state index in [9.17, 15) is 0 Å². The molecule has 4 nitrogen and oxygen atoms in total. The Kier molecular flexibility index (Phi) is 5.25. The van der Waals surface area contributed by atoms with Gasteiger partial charge in [0.2, 0.25) is 0 Å². The molecule has 0 aliphatic heterocycles. The van der Waals surface area contributed by atoms with Gasteiger partial charge in [0.1, 0.15) is 0 Å². The summed E-state index contributed by atoms with van der Waals surface area (Å²) in [6.45, 7) is 0.528. The van der Waals surface area contributed by atoms with Crippen LogP contribution in [0.3, 0.4) is 0 Å². The van der Waals surface area contributed by atoms with E-state index in [0.717, 1.165) is 35.6 Å². The van der Waals surface area contributed by atoms with E-state index < -0.39 is 0 Å². The maximum atomic E-state index is 6.11. The Hall–Kier alpha value is -2.36. The molecule has 0 N–H and O–H groups in total. The van der Waals surface area contributed by atoms with Crippen molar-refractivity contribution in [1.82, 2.24) is 0 Å². The molecule has 0 spiro atoms. The van der Waals surface area contributed by atoms with E-state index in [1.54, 1.807) is 7.11 Å². The van der Waals surface area contributed by atoms with Crippen molar-refractivity contribution in [3.63, 3.8) is 0 Å². The second-order valence-corrected chi connectivity index (χ2v) is 5.74. The van der Waals surface area contributed by atoms with Gasteiger partial charge in [-0.05, 0) is 55.5 Å². The van der Waals surface area contributed by atoms with Crippen LogP contribution in [0.15, 0.2) is 58.8 Å². The largest absolute Gasteiger partial charge is 0.493 e. The maximum absolute atomic E-state index is 6.11. The number of methoxy groups -OCH3 is 1. The van der Waals surface area contributed by atoms with E-state index in [0.29, 0.717) is 12.6 Å². The second-order valence-electron chi connectivity index (χ2n) is 5.74. The summed E-state index contributed by atoms with van der Waals surface area (Å²) < 4.78 is 11.5. The monoisotopic (exact) mass is 310 g/mol. The van der Waals surface area contributed by atoms with E-state index in [4.69, 9.17) is 9.47 Å². The molecule has 0 aromatic heterocycles. The van der Waals surface area contributed by atoms with Crippen LogP contribution in [0.4, 0.5) is 5.69 Å². The lowest BCUT2D eigenvalue weighted by Gasteiger charge is -2.16. The van der Waals surface area contributed by atoms with Crippen LogP contribution >= 0.6 is 0 Å². The summed E-state index contributed by atoms with van der Waals surface area (Å²) in [6.07, 6.45) is 5.06. The maximum Gasteiger partial charge on any atom is 0.161 e. The van der Waals surface area contributed by atoms with Gasteiger partial charge in [-0.1, -0.05) is 24.3 Å². The van der Waals surface area contributed by atoms with Gasteiger partial charge >= 0.3 is 0 Å². The Morgan fingerprint density at radius 2 is 1.78 bits per heavy atom. The first-order valence-electron chi connectivity index (χ1n) is 8.11. The van der Waals surface area contributed by atoms with E-state index >= 15 is 0 Å². The third kappa shape index (κ3) is 4.31. The molecule has 1 saturated carbocycles. The SMILES string of the molecule is COc1ccc(CN=Nc2ccccc2)cc1OC1CCCC1. The molecule has 0 unspecified atom stereocenters. The van der Waals surface area contributed by atoms with Crippen LogP contribution in [-0.2, 0) is 6.54 Å². The van der Waals surface area contributed by atoms with Crippen LogP contribution in [0, 0.1) is 0 Å². The molecule has 23 heavy (non-hydrogen) atoms. The zero-order chi connectivity index (χ0) is 15.9. The van der Waals surface area contributed by atoms with Crippen molar-refractivity contribution in [2.45, 2.75) is 38.3 Å². The number of rotatable bonds is 6. The summed E-state index contributed by atoms with van der Waals surface area (Å²) in [7, 11) is 1.67. The highest BCUT2D eigenvalue weighted by atomic mass is 16.5. The van der Waals surface area contributed by atoms with Gasteiger partial charge in [-0.2, -0.15) is 10.2 Å². The first-order valence-corrected chi connectivity index (χ1v) is 8.11. The minimum atomic E-state index is 0.310. The van der Waals surface area contributed by atoms with Gasteiger partial charge in [-0.25, -0.2) is 0 Å². The first-order chi connectivity index (χ1) is 11.3. The van der Waals surface area contributed by atoms with E-state index in [-0.39, 0.29) is 0 Å². The Bertz CT molecular complexity index is 650. The van der Waals surface area contributed by atoms with Crippen molar-refractivity contribution >= 4 is 5.69 Å². The molecular formula is C19H22N2O2. The van der Waals surface area contributed by atoms with Crippen LogP contribution in [0.5, 0.6) is 11.5 Å². The lowest BCUT2D eigenvalue weighted by atomic mass is 10.2. The predicted molar refractivity (Wildman–Crippen MR) is 90.5 cm³/mol. The molecule has 3 rings (SSSR count). The molecule has 2 aromatic rings. The second kappa shape index (κ2) is 7.77. The molecule has 0 bridgehead atoms. The molecule has 4 heteroatoms. The molecule has 0 atom stereocenters. The molecule has 0 heterocycles. The quantitative estimate of drug-likeness (QED) is 0.679. The molecule has 0 radical (unpaired) electrons. The van der Waals surface area contributed by atoms with Gasteiger partial charge in [-0.3, -0.25) is 0 Å². The standard InChI is InChI=1S/C19H22N2O2/c1-22-18-12-11-15(13-19(18)23-17-9-5-6-10-17)14-20-21-16-7-3-2-4-8-16/h2-4,7-8,11-13,17H,5-6,9-10,14H2,1H3. The molecule has 0 amide bonds. The van der Waals surface area contributed by atoms with Crippen LogP contribution in [-0.4, -0.2) is 13.2 Å². The van der Waals surface area contributed by atoms with Crippen LogP contribution in [0.25, 0.3) is 0 Å². The van der Waals surface area contributed by atoms with Crippen LogP contribution in [0.2, 0.25) is 0 Å². The van der Waals surface area contributed by atoms with Gasteiger partial charge in [0.15, 0.2) is 11.5 Å². The van der Waals surface area contributed by atoms with E-state index in [1.165, 1.54) is 12.8 Å². The zero-order valence-electron chi connectivity index (χ0n) is 13.4. The fraction of sp³-hybridized carbons (Fsp3) is 0.368. The highest BCUT2D eigenvalue weighted by molar-refractivity contribution is 5.43. The minimum Gasteiger partial charge on any atom is -0.493 e. The summed E-state index contributed by atoms with van der Waals surface area (Å²) in [6, 6.07) is 15.7. The Morgan fingerprint density at radius 3 is 2.52 bits per heavy atom. The van der Waals surface area contributed by atoms with E-state index in [1.807, 2.05) is 48.5 Å². The van der Waals surface area contributed by atoms with Gasteiger partial charge in [-0.15, -0.1) is 0 Å². The number of nitrogens with zero attached hydrogens (tertiary/aromatic N) is 2. The topological polar surface area (TPSA) is 43.2 Å². The predicted octanol–water partition coefficient (Wildman–Crippen LogP) is 5.30. The number of benzene rings is 2. The fourth-order valence-electron chi connectivity index (χ4n) is 2.79. The van der Waals surface area contributed by atoms with Crippen LogP contribution in [0.1, 0.15) is 31.2 Å². The van der Waals surface area contributed by atoms with Crippen molar-refractivity contribution < 1.29 is 9.47 Å². The van der Waals surface area contributed by atoms with Gasteiger partial charge in [0.05, 0.1) is 25.4 Å². The Balaban J connectivity index is 1.68. The lowest BCUT2D eigenvalue weighted by Crippen LogP contribution is -2.11. The summed E-state index contributed by atoms with van der Waals surface area (Å²) in [5.74, 6) is 1.59. The summed E-state index contributed by atoms with van der Waals surface area (Å²) in [4.78, 5) is 0. The van der Waals surface area contributed by atoms with Crippen LogP contribution < -0.4 is 9.47 Å². The summed E-state index contributed by atoms with van der Waals surface area (Å²) in [5.41, 5.74) is 1.93. The Morgan fingerprint density at radius 1 is 1.00 bits per heavy atom. The Labute approximate surface area is 137 Å². The van der Waals surface area contributed by atoms with Crippen molar-refractivity contribution in [2.75, 3.05) is 7.11 Å². The van der Waals surface area contributed by atoms with Gasteiger partial charge < -0.3 is 9.47 Å². The molecule has 120 valence electrons. The average Bonchev–Trinajstić information content (AvgIpc) is 3.09. The molecular weight excluding hydrogens is 288 g/mol. The van der Waals surface area contributed by atoms with Gasteiger partial charge in [0.25, 0.3) is 0 Å². The zero-order valence-corrected chi connectivity index (χ0v) is 13.4. The van der Waals surface area contributed by atoms with Crippen molar-refractivity contribution in [3.8, 4) is 11.5 Å². The smallest absolute Gasteiger partial charge is 0.161 e. The highest BCUT2D eigenvalue weighted by Gasteiger charge is 2.18. The lowest BCUT2D eigenvalue weighted by molar-refractivity contribution is 0.200. The first kappa shape index (κ1) is 15.5. The normalized spacial score (nSPS) is 15.2. The third-order valence-electron chi connectivity index (χ3n) is 4.02. The number of hydrogen-bond donors (Lipinski definition) is 0. The van der Waals surface area contributed by atoms with Crippen molar-refractivity contribution in [3.05, 3.63) is 54.1 Å². The van der Waals surface area contributed by atoms with E-state index in [2.05, 4.69) is 10.2 Å².